The van der Waals surface area contributed by atoms with Gasteiger partial charge in [-0.3, -0.25) is 24.0 Å². The predicted molar refractivity (Wildman–Crippen MR) is 108 cm³/mol. The SMILES string of the molecule is COC(=O)C1=C[C@H](NC(C)=O)[C@@H](NC(C)=O)[C@H]([C@H](OC(C)=O)[C@@H](COC(C)=O)OC(C)=O)O1. The largest absolute Gasteiger partial charge is 0.477 e. The minimum absolute atomic E-state index is 0.353. The number of rotatable bonds is 9. The van der Waals surface area contributed by atoms with Crippen LogP contribution in [0.2, 0.25) is 0 Å². The maximum absolute atomic E-state index is 12.2. The van der Waals surface area contributed by atoms with Gasteiger partial charge in [-0.1, -0.05) is 0 Å². The molecule has 1 rings (SSSR count). The Morgan fingerprint density at radius 1 is 0.909 bits per heavy atom. The lowest BCUT2D eigenvalue weighted by Gasteiger charge is -2.41. The first-order valence-electron chi connectivity index (χ1n) is 9.84. The van der Waals surface area contributed by atoms with Crippen LogP contribution in [0.1, 0.15) is 34.6 Å². The van der Waals surface area contributed by atoms with Gasteiger partial charge < -0.3 is 34.3 Å². The van der Waals surface area contributed by atoms with Crippen molar-refractivity contribution in [3.05, 3.63) is 11.8 Å². The molecule has 0 saturated heterocycles. The Morgan fingerprint density at radius 3 is 1.94 bits per heavy atom. The van der Waals surface area contributed by atoms with Gasteiger partial charge in [-0.2, -0.15) is 0 Å². The molecule has 1 heterocycles. The Kier molecular flexibility index (Phi) is 10.3. The number of carbonyl (C=O) groups excluding carboxylic acids is 6. The van der Waals surface area contributed by atoms with Crippen molar-refractivity contribution in [2.45, 2.75) is 65.0 Å². The van der Waals surface area contributed by atoms with Gasteiger partial charge in [0.05, 0.1) is 19.2 Å². The molecule has 1 aliphatic rings. The molecule has 13 heteroatoms. The van der Waals surface area contributed by atoms with Crippen LogP contribution in [-0.4, -0.2) is 79.8 Å². The Bertz CT molecular complexity index is 823. The summed E-state index contributed by atoms with van der Waals surface area (Å²) < 4.78 is 25.9. The summed E-state index contributed by atoms with van der Waals surface area (Å²) in [4.78, 5) is 70.8. The zero-order valence-corrected chi connectivity index (χ0v) is 19.2. The van der Waals surface area contributed by atoms with Gasteiger partial charge in [-0.15, -0.1) is 0 Å². The molecule has 0 aromatic rings. The van der Waals surface area contributed by atoms with Crippen molar-refractivity contribution < 1.29 is 52.5 Å². The van der Waals surface area contributed by atoms with Crippen molar-refractivity contribution >= 4 is 35.7 Å². The summed E-state index contributed by atoms with van der Waals surface area (Å²) in [6.07, 6.45) is -3.02. The van der Waals surface area contributed by atoms with Crippen LogP contribution < -0.4 is 10.6 Å². The van der Waals surface area contributed by atoms with Crippen LogP contribution in [0.4, 0.5) is 0 Å². The van der Waals surface area contributed by atoms with Gasteiger partial charge >= 0.3 is 23.9 Å². The van der Waals surface area contributed by atoms with Crippen LogP contribution in [0.25, 0.3) is 0 Å². The van der Waals surface area contributed by atoms with Crippen molar-refractivity contribution in [1.29, 1.82) is 0 Å². The Balaban J connectivity index is 3.58. The molecule has 1 aliphatic heterocycles. The summed E-state index contributed by atoms with van der Waals surface area (Å²) in [7, 11) is 1.10. The van der Waals surface area contributed by atoms with E-state index < -0.39 is 72.7 Å². The molecule has 2 amide bonds. The number of ether oxygens (including phenoxy) is 5. The lowest BCUT2D eigenvalue weighted by Crippen LogP contribution is -2.64. The van der Waals surface area contributed by atoms with Crippen LogP contribution >= 0.6 is 0 Å². The molecular formula is C20H28N2O11. The molecule has 0 aromatic heterocycles. The summed E-state index contributed by atoms with van der Waals surface area (Å²) in [5.74, 6) is -4.63. The number of methoxy groups -OCH3 is 1. The van der Waals surface area contributed by atoms with E-state index in [4.69, 9.17) is 18.9 Å². The summed E-state index contributed by atoms with van der Waals surface area (Å²) in [6.45, 7) is 5.16. The Labute approximate surface area is 190 Å². The number of carbonyl (C=O) groups is 6. The van der Waals surface area contributed by atoms with E-state index >= 15 is 0 Å². The van der Waals surface area contributed by atoms with Crippen LogP contribution in [0, 0.1) is 0 Å². The number of esters is 4. The van der Waals surface area contributed by atoms with E-state index in [0.29, 0.717) is 0 Å². The highest BCUT2D eigenvalue weighted by Crippen LogP contribution is 2.27. The molecule has 2 N–H and O–H groups in total. The number of hydrogen-bond acceptors (Lipinski definition) is 11. The standard InChI is InChI=1S/C20H28N2O11/c1-9(23)21-14-7-15(20(28)29-6)33-19(17(14)22-10(2)24)18(32-13(5)27)16(31-12(4)26)8-30-11(3)25/h7,14,16-19H,8H2,1-6H3,(H,21,23)(H,22,24)/t14-,16+,17+,18+,19+/m0/s1. The first-order chi connectivity index (χ1) is 15.3. The summed E-state index contributed by atoms with van der Waals surface area (Å²) in [5.41, 5.74) is 0. The van der Waals surface area contributed by atoms with E-state index in [-0.39, 0.29) is 5.76 Å². The fourth-order valence-corrected chi connectivity index (χ4v) is 3.15. The molecule has 184 valence electrons. The molecule has 33 heavy (non-hydrogen) atoms. The molecule has 0 saturated carbocycles. The molecule has 0 spiro atoms. The lowest BCUT2D eigenvalue weighted by atomic mass is 9.91. The number of nitrogens with one attached hydrogen (secondary N) is 2. The van der Waals surface area contributed by atoms with Gasteiger partial charge in [0, 0.05) is 34.6 Å². The van der Waals surface area contributed by atoms with E-state index in [1.165, 1.54) is 19.9 Å². The normalized spacial score (nSPS) is 21.2. The molecule has 5 atom stereocenters. The minimum Gasteiger partial charge on any atom is -0.477 e. The van der Waals surface area contributed by atoms with Crippen molar-refractivity contribution in [3.8, 4) is 0 Å². The van der Waals surface area contributed by atoms with Gasteiger partial charge in [0.1, 0.15) is 6.61 Å². The van der Waals surface area contributed by atoms with Crippen molar-refractivity contribution in [2.75, 3.05) is 13.7 Å². The average molecular weight is 472 g/mol. The highest BCUT2D eigenvalue weighted by molar-refractivity contribution is 5.87. The van der Waals surface area contributed by atoms with E-state index in [1.807, 2.05) is 0 Å². The van der Waals surface area contributed by atoms with Crippen molar-refractivity contribution in [3.63, 3.8) is 0 Å². The Morgan fingerprint density at radius 2 is 1.48 bits per heavy atom. The third-order valence-electron chi connectivity index (χ3n) is 4.22. The Hall–Kier alpha value is -3.64. The quantitative estimate of drug-likeness (QED) is 0.307. The third kappa shape index (κ3) is 8.79. The molecular weight excluding hydrogens is 444 g/mol. The second-order valence-electron chi connectivity index (χ2n) is 7.08. The van der Waals surface area contributed by atoms with Gasteiger partial charge in [-0.05, 0) is 6.08 Å². The molecule has 0 unspecified atom stereocenters. The molecule has 13 nitrogen and oxygen atoms in total. The molecule has 0 fully saturated rings. The third-order valence-corrected chi connectivity index (χ3v) is 4.22. The molecule has 0 radical (unpaired) electrons. The highest BCUT2D eigenvalue weighted by Gasteiger charge is 2.48. The van der Waals surface area contributed by atoms with Gasteiger partial charge in [0.25, 0.3) is 0 Å². The van der Waals surface area contributed by atoms with Gasteiger partial charge in [0.2, 0.25) is 17.6 Å². The summed E-state index contributed by atoms with van der Waals surface area (Å²) in [6, 6.07) is -2.11. The second kappa shape index (κ2) is 12.4. The fraction of sp³-hybridized carbons (Fsp3) is 0.600. The monoisotopic (exact) mass is 472 g/mol. The molecule has 0 bridgehead atoms. The first kappa shape index (κ1) is 27.4. The molecule has 0 aromatic carbocycles. The van der Waals surface area contributed by atoms with E-state index in [0.717, 1.165) is 27.9 Å². The predicted octanol–water partition coefficient (Wildman–Crippen LogP) is -1.12. The van der Waals surface area contributed by atoms with Crippen molar-refractivity contribution in [2.24, 2.45) is 0 Å². The van der Waals surface area contributed by atoms with E-state index in [2.05, 4.69) is 15.4 Å². The number of amides is 2. The van der Waals surface area contributed by atoms with Crippen LogP contribution in [-0.2, 0) is 52.5 Å². The number of hydrogen-bond donors (Lipinski definition) is 2. The van der Waals surface area contributed by atoms with Gasteiger partial charge in [0.15, 0.2) is 18.3 Å². The zero-order valence-electron chi connectivity index (χ0n) is 19.2. The van der Waals surface area contributed by atoms with Crippen LogP contribution in [0.15, 0.2) is 11.8 Å². The second-order valence-corrected chi connectivity index (χ2v) is 7.08. The van der Waals surface area contributed by atoms with Crippen LogP contribution in [0.3, 0.4) is 0 Å². The average Bonchev–Trinajstić information content (AvgIpc) is 2.68. The fourth-order valence-electron chi connectivity index (χ4n) is 3.15. The highest BCUT2D eigenvalue weighted by atomic mass is 16.6. The van der Waals surface area contributed by atoms with Crippen LogP contribution in [0.5, 0.6) is 0 Å². The smallest absolute Gasteiger partial charge is 0.373 e. The summed E-state index contributed by atoms with van der Waals surface area (Å²) in [5, 5.41) is 5.14. The zero-order chi connectivity index (χ0) is 25.3. The van der Waals surface area contributed by atoms with E-state index in [1.54, 1.807) is 0 Å². The minimum atomic E-state index is -1.48. The first-order valence-corrected chi connectivity index (χ1v) is 9.84. The van der Waals surface area contributed by atoms with Crippen molar-refractivity contribution in [1.82, 2.24) is 10.6 Å². The molecule has 0 aliphatic carbocycles. The summed E-state index contributed by atoms with van der Waals surface area (Å²) >= 11 is 0. The lowest BCUT2D eigenvalue weighted by molar-refractivity contribution is -0.188. The van der Waals surface area contributed by atoms with Gasteiger partial charge in [-0.25, -0.2) is 4.79 Å². The van der Waals surface area contributed by atoms with E-state index in [9.17, 15) is 28.8 Å². The maximum atomic E-state index is 12.2. The maximum Gasteiger partial charge on any atom is 0.373 e. The topological polar surface area (TPSA) is 173 Å².